The number of imide groups is 4. The highest BCUT2D eigenvalue weighted by molar-refractivity contribution is 14.1. The molecular weight excluding hydrogens is 1860 g/mol. The molecule has 0 aliphatic carbocycles. The van der Waals surface area contributed by atoms with E-state index in [1.807, 2.05) is 133 Å². The molecule has 1 radical (unpaired) electrons. The maximum Gasteiger partial charge on any atom is 0.569 e. The van der Waals surface area contributed by atoms with Crippen molar-refractivity contribution in [3.63, 3.8) is 0 Å². The first-order valence-electron chi connectivity index (χ1n) is 47.7. The number of carbonyl (C=O) groups is 8. The standard InChI is InChI=1S/C46H49BN5O7.C46H48ClN5O5.C12H24B2O4.CH3I.CH4/c1-2-38(31-6-4-3-5-7-31)43(33-10-15-37(16-11-33)59-47-57)32-8-13-36(14-9-32)58-29-28-49-22-20-34(21-23-49)50-24-26-51(27-25-50)35-12-17-39-40(30-35)46(56)52(45(39)55)41-18-19-42(53)48-44(41)54;1-2-38(31-6-4-3-5-7-31)43(32-8-12-34(47)13-9-32)33-10-15-37(16-11-33)57-29-28-49-22-20-35(21-23-49)50-24-26-51(27-25-50)36-14-17-39-40(30-36)46(56)52(45(39)55)41-18-19-42(53)48-44(41)54;1-9(2)10(3,4)16-13(15-9)14-17-11(5,6)12(7,8)18-14;1-2;/h3-17,30,34,41,57H,2,18-29H2,1H3,(H,48,53,54);3-17,30,35,41H,2,18-29H2,1H3,(H,48,53,54);1-8H3;1H3;1H4/b43-38+;43-38-;;;. The normalized spacial score (nSPS) is 21.1. The zero-order valence-electron chi connectivity index (χ0n) is 79.8. The van der Waals surface area contributed by atoms with Gasteiger partial charge in [-0.3, -0.25) is 78.4 Å². The van der Waals surface area contributed by atoms with Crippen LogP contribution in [0.1, 0.15) is 216 Å². The Labute approximate surface area is 826 Å². The Morgan fingerprint density at radius 3 is 1.06 bits per heavy atom. The quantitative estimate of drug-likeness (QED) is 0.0158. The number of amides is 8. The number of likely N-dealkylation sites (tertiary alicyclic amines) is 2. The first-order chi connectivity index (χ1) is 65.5. The molecule has 18 rings (SSSR count). The number of ether oxygens (including phenoxy) is 2. The summed E-state index contributed by atoms with van der Waals surface area (Å²) in [6.45, 7) is 34.7. The fourth-order valence-electron chi connectivity index (χ4n) is 19.8. The zero-order valence-corrected chi connectivity index (χ0v) is 82.7. The molecule has 8 aromatic rings. The Balaban J connectivity index is 0.000000181. The van der Waals surface area contributed by atoms with E-state index in [2.05, 4.69) is 174 Å². The molecule has 10 aliphatic heterocycles. The van der Waals surface area contributed by atoms with Crippen LogP contribution in [-0.2, 0) is 37.8 Å². The minimum atomic E-state index is -0.967. The van der Waals surface area contributed by atoms with Crippen molar-refractivity contribution in [1.29, 1.82) is 0 Å². The van der Waals surface area contributed by atoms with Gasteiger partial charge in [0.05, 0.1) is 44.7 Å². The molecule has 10 heterocycles. The van der Waals surface area contributed by atoms with Crippen LogP contribution < -0.4 is 34.6 Å². The molecule has 10 aliphatic rings. The minimum absolute atomic E-state index is 0. The summed E-state index contributed by atoms with van der Waals surface area (Å²) in [7, 11) is -0.260. The smallest absolute Gasteiger partial charge is 0.537 e. The lowest BCUT2D eigenvalue weighted by atomic mass is 9.49. The van der Waals surface area contributed by atoms with Gasteiger partial charge in [0.2, 0.25) is 23.6 Å². The van der Waals surface area contributed by atoms with Crippen molar-refractivity contribution < 1.29 is 76.1 Å². The van der Waals surface area contributed by atoms with Crippen molar-refractivity contribution in [1.82, 2.24) is 40.0 Å². The molecule has 721 valence electrons. The fraction of sp³-hybridized carbons (Fsp3) is 0.434. The SMILES string of the molecule is C.CC/C(=C(\c1ccc(Cl)cc1)c1ccc(OCCN2CCC(N3CCN(c4ccc5c(c4)C(=O)N(C4CCC(=O)NC4=O)C5=O)CC3)CC2)cc1)c1ccccc1.CC/C(=C(\c1ccc(O[B]O)cc1)c1ccc(OCCN2CCC(N3CCN(c4ccc5c(c4)C(=O)N(C4CCC(=O)NC4=O)C5=O)CC3)CC2)cc1)c1ccccc1.CC1(C)OB(B2OC(C)(C)C(C)(C)O2)OC1(C)C.CI. The van der Waals surface area contributed by atoms with Gasteiger partial charge in [-0.05, 0) is 278 Å². The molecule has 0 aromatic heterocycles. The maximum atomic E-state index is 13.4. The highest BCUT2D eigenvalue weighted by Crippen LogP contribution is 2.45. The Bertz CT molecular complexity index is 5610. The van der Waals surface area contributed by atoms with E-state index in [0.717, 1.165) is 196 Å². The Morgan fingerprint density at radius 1 is 0.416 bits per heavy atom. The Kier molecular flexibility index (Phi) is 33.9. The van der Waals surface area contributed by atoms with Crippen LogP contribution in [0, 0.1) is 0 Å². The maximum absolute atomic E-state index is 13.4. The summed E-state index contributed by atoms with van der Waals surface area (Å²) in [5.41, 5.74) is 13.3. The molecule has 0 bridgehead atoms. The number of anilines is 2. The molecule has 31 heteroatoms. The lowest BCUT2D eigenvalue weighted by Gasteiger charge is -2.43. The summed E-state index contributed by atoms with van der Waals surface area (Å²) in [5.74, 6) is -1.60. The van der Waals surface area contributed by atoms with E-state index in [9.17, 15) is 38.4 Å². The molecule has 137 heavy (non-hydrogen) atoms. The van der Waals surface area contributed by atoms with Gasteiger partial charge in [-0.25, -0.2) is 0 Å². The van der Waals surface area contributed by atoms with Crippen LogP contribution in [0.3, 0.4) is 0 Å². The number of allylic oxidation sites excluding steroid dienone is 2. The number of nitrogens with zero attached hydrogens (tertiary/aromatic N) is 8. The molecule has 0 saturated carbocycles. The monoisotopic (exact) mass is 1990 g/mol. The van der Waals surface area contributed by atoms with Crippen molar-refractivity contribution in [3.8, 4) is 17.2 Å². The van der Waals surface area contributed by atoms with Crippen LogP contribution >= 0.6 is 34.2 Å². The van der Waals surface area contributed by atoms with Crippen molar-refractivity contribution >= 4 is 137 Å². The number of hydrogen-bond donors (Lipinski definition) is 3. The van der Waals surface area contributed by atoms with E-state index in [0.29, 0.717) is 61.0 Å². The van der Waals surface area contributed by atoms with Gasteiger partial charge in [0, 0.05) is 107 Å². The number of piperazine rings is 2. The van der Waals surface area contributed by atoms with Gasteiger partial charge in [0.15, 0.2) is 0 Å². The lowest BCUT2D eigenvalue weighted by Crippen LogP contribution is -2.54. The molecule has 3 N–H and O–H groups in total. The zero-order chi connectivity index (χ0) is 96.3. The first-order valence-corrected chi connectivity index (χ1v) is 50.3. The topological polar surface area (TPSA) is 271 Å². The number of carbonyl (C=O) groups excluding carboxylic acids is 8. The average molecular weight is 1990 g/mol. The average Bonchev–Trinajstić information content (AvgIpc) is 1.61. The van der Waals surface area contributed by atoms with Crippen molar-refractivity contribution in [3.05, 3.63) is 255 Å². The number of alkyl halides is 1. The van der Waals surface area contributed by atoms with Crippen LogP contribution in [0.4, 0.5) is 11.4 Å². The molecule has 8 saturated heterocycles. The minimum Gasteiger partial charge on any atom is -0.537 e. The fourth-order valence-corrected chi connectivity index (χ4v) is 19.9. The van der Waals surface area contributed by atoms with Crippen molar-refractivity contribution in [2.45, 2.75) is 187 Å². The second-order valence-electron chi connectivity index (χ2n) is 37.9. The molecule has 0 spiro atoms. The summed E-state index contributed by atoms with van der Waals surface area (Å²) >= 11 is 8.41. The molecule has 2 atom stereocenters. The third-order valence-corrected chi connectivity index (χ3v) is 29.0. The van der Waals surface area contributed by atoms with E-state index >= 15 is 0 Å². The number of nitrogens with one attached hydrogen (secondary N) is 2. The number of halogens is 2. The third kappa shape index (κ3) is 23.4. The van der Waals surface area contributed by atoms with Crippen LogP contribution in [0.15, 0.2) is 194 Å². The molecule has 8 fully saturated rings. The first kappa shape index (κ1) is 103. The predicted octanol–water partition coefficient (Wildman–Crippen LogP) is 15.7. The Hall–Kier alpha value is -10.3. The third-order valence-electron chi connectivity index (χ3n) is 28.8. The molecule has 8 aromatic carbocycles. The van der Waals surface area contributed by atoms with Gasteiger partial charge < -0.3 is 47.6 Å². The van der Waals surface area contributed by atoms with Crippen LogP contribution in [0.25, 0.3) is 22.3 Å². The van der Waals surface area contributed by atoms with E-state index < -0.39 is 61.5 Å². The highest BCUT2D eigenvalue weighted by atomic mass is 127. The van der Waals surface area contributed by atoms with Gasteiger partial charge >= 0.3 is 21.7 Å². The summed E-state index contributed by atoms with van der Waals surface area (Å²) in [6.07, 6.45) is 6.66. The molecule has 2 unspecified atom stereocenters. The van der Waals surface area contributed by atoms with Gasteiger partial charge in [-0.1, -0.05) is 165 Å². The van der Waals surface area contributed by atoms with E-state index in [1.54, 1.807) is 24.3 Å². The number of fused-ring (bicyclic) bond motifs is 2. The largest absolute Gasteiger partial charge is 0.569 e. The van der Waals surface area contributed by atoms with Crippen molar-refractivity contribution in [2.24, 2.45) is 0 Å². The summed E-state index contributed by atoms with van der Waals surface area (Å²) < 4.78 is 41.5. The second-order valence-corrected chi connectivity index (χ2v) is 38.4. The van der Waals surface area contributed by atoms with Gasteiger partial charge in [0.25, 0.3) is 23.6 Å². The van der Waals surface area contributed by atoms with Gasteiger partial charge in [-0.2, -0.15) is 0 Å². The Morgan fingerprint density at radius 2 is 0.737 bits per heavy atom. The number of rotatable bonds is 25. The summed E-state index contributed by atoms with van der Waals surface area (Å²) in [4.78, 5) is 120. The van der Waals surface area contributed by atoms with Crippen LogP contribution in [0.2, 0.25) is 5.02 Å². The van der Waals surface area contributed by atoms with Crippen LogP contribution in [-0.4, -0.2) is 260 Å². The van der Waals surface area contributed by atoms with E-state index in [1.165, 1.54) is 27.8 Å². The second kappa shape index (κ2) is 45.3. The predicted molar refractivity (Wildman–Crippen MR) is 547 cm³/mol. The summed E-state index contributed by atoms with van der Waals surface area (Å²) in [6, 6.07) is 63.5. The lowest BCUT2D eigenvalue weighted by molar-refractivity contribution is -0.137. The number of benzene rings is 8. The van der Waals surface area contributed by atoms with Crippen LogP contribution in [0.5, 0.6) is 17.2 Å². The highest BCUT2D eigenvalue weighted by Gasteiger charge is 2.64. The van der Waals surface area contributed by atoms with Gasteiger partial charge in [0.1, 0.15) is 42.5 Å². The molecule has 8 amide bonds. The van der Waals surface area contributed by atoms with Gasteiger partial charge in [-0.15, -0.1) is 0 Å². The number of piperidine rings is 4. The summed E-state index contributed by atoms with van der Waals surface area (Å²) in [5, 5.41) is 14.3. The molecule has 26 nitrogen and oxygen atoms in total. The van der Waals surface area contributed by atoms with E-state index in [-0.39, 0.29) is 67.3 Å². The molecular formula is C106H128B3ClIN10O16. The van der Waals surface area contributed by atoms with E-state index in [4.69, 9.17) is 49.4 Å². The number of hydrogen-bond acceptors (Lipinski definition) is 22. The van der Waals surface area contributed by atoms with Crippen molar-refractivity contribution in [2.75, 3.05) is 120 Å².